The molecule has 0 aliphatic heterocycles. The summed E-state index contributed by atoms with van der Waals surface area (Å²) < 4.78 is 1.86. The number of hydrogen-bond donors (Lipinski definition) is 1. The molecule has 2 aromatic rings. The molecule has 0 aliphatic rings. The lowest BCUT2D eigenvalue weighted by molar-refractivity contribution is -0.119. The smallest absolute Gasteiger partial charge is 0.216 e. The Morgan fingerprint density at radius 2 is 2.10 bits per heavy atom. The molecule has 1 N–H and O–H groups in total. The van der Waals surface area contributed by atoms with Crippen molar-refractivity contribution in [1.82, 2.24) is 15.1 Å². The lowest BCUT2D eigenvalue weighted by atomic mass is 9.84. The molecule has 1 heterocycles. The van der Waals surface area contributed by atoms with Crippen LogP contribution in [-0.4, -0.2) is 22.2 Å². The molecule has 0 fully saturated rings. The number of aryl methyl sites for hydroxylation is 2. The molecule has 2 unspecified atom stereocenters. The standard InChI is InChI=1S/C16H23N3O/c1-10-6-7-15-14(9-19(5)18-15)16(10)12(3)11(2)8-17-13(4)20/h6-7,9,11-12H,8H2,1-5H3,(H,17,20). The van der Waals surface area contributed by atoms with Crippen LogP contribution in [0.2, 0.25) is 0 Å². The molecule has 1 amide bonds. The van der Waals surface area contributed by atoms with Crippen molar-refractivity contribution in [2.45, 2.75) is 33.6 Å². The molecule has 20 heavy (non-hydrogen) atoms. The molecular formula is C16H23N3O. The maximum Gasteiger partial charge on any atom is 0.216 e. The highest BCUT2D eigenvalue weighted by atomic mass is 16.1. The van der Waals surface area contributed by atoms with E-state index < -0.39 is 0 Å². The third-order valence-electron chi connectivity index (χ3n) is 4.05. The molecule has 1 aromatic heterocycles. The van der Waals surface area contributed by atoms with E-state index in [0.717, 1.165) is 5.52 Å². The molecule has 0 spiro atoms. The summed E-state index contributed by atoms with van der Waals surface area (Å²) in [6.07, 6.45) is 2.08. The highest BCUT2D eigenvalue weighted by molar-refractivity contribution is 5.83. The first-order valence-electron chi connectivity index (χ1n) is 7.07. The first-order chi connectivity index (χ1) is 9.40. The predicted molar refractivity (Wildman–Crippen MR) is 81.7 cm³/mol. The topological polar surface area (TPSA) is 46.9 Å². The van der Waals surface area contributed by atoms with Gasteiger partial charge in [0.25, 0.3) is 0 Å². The quantitative estimate of drug-likeness (QED) is 0.931. The van der Waals surface area contributed by atoms with Gasteiger partial charge in [0.15, 0.2) is 0 Å². The number of carbonyl (C=O) groups is 1. The van der Waals surface area contributed by atoms with Crippen molar-refractivity contribution in [2.75, 3.05) is 6.54 Å². The molecule has 0 saturated carbocycles. The van der Waals surface area contributed by atoms with E-state index in [2.05, 4.69) is 49.5 Å². The maximum absolute atomic E-state index is 11.1. The zero-order chi connectivity index (χ0) is 14.9. The van der Waals surface area contributed by atoms with Crippen LogP contribution < -0.4 is 5.32 Å². The highest BCUT2D eigenvalue weighted by Crippen LogP contribution is 2.32. The van der Waals surface area contributed by atoms with Gasteiger partial charge in [0.05, 0.1) is 5.52 Å². The van der Waals surface area contributed by atoms with E-state index in [1.807, 2.05) is 11.7 Å². The highest BCUT2D eigenvalue weighted by Gasteiger charge is 2.20. The van der Waals surface area contributed by atoms with Crippen LogP contribution in [0.15, 0.2) is 18.3 Å². The maximum atomic E-state index is 11.1. The SMILES string of the molecule is CC(=O)NCC(C)C(C)c1c(C)ccc2nn(C)cc12. The molecule has 108 valence electrons. The van der Waals surface area contributed by atoms with Gasteiger partial charge in [-0.1, -0.05) is 19.9 Å². The van der Waals surface area contributed by atoms with Crippen molar-refractivity contribution in [3.8, 4) is 0 Å². The normalized spacial score (nSPS) is 14.2. The van der Waals surface area contributed by atoms with Crippen molar-refractivity contribution in [2.24, 2.45) is 13.0 Å². The van der Waals surface area contributed by atoms with Gasteiger partial charge in [-0.15, -0.1) is 0 Å². The van der Waals surface area contributed by atoms with E-state index in [9.17, 15) is 4.79 Å². The minimum absolute atomic E-state index is 0.0281. The number of rotatable bonds is 4. The van der Waals surface area contributed by atoms with Crippen LogP contribution in [0.1, 0.15) is 37.8 Å². The van der Waals surface area contributed by atoms with Crippen molar-refractivity contribution >= 4 is 16.8 Å². The Hall–Kier alpha value is -1.84. The van der Waals surface area contributed by atoms with E-state index in [4.69, 9.17) is 0 Å². The summed E-state index contributed by atoms with van der Waals surface area (Å²) in [5, 5.41) is 8.60. The molecule has 0 saturated heterocycles. The minimum Gasteiger partial charge on any atom is -0.356 e. The summed E-state index contributed by atoms with van der Waals surface area (Å²) in [7, 11) is 1.95. The number of fused-ring (bicyclic) bond motifs is 1. The second-order valence-electron chi connectivity index (χ2n) is 5.73. The Morgan fingerprint density at radius 3 is 2.75 bits per heavy atom. The van der Waals surface area contributed by atoms with Crippen molar-refractivity contribution < 1.29 is 4.79 Å². The zero-order valence-corrected chi connectivity index (χ0v) is 12.9. The monoisotopic (exact) mass is 273 g/mol. The molecule has 0 aliphatic carbocycles. The molecule has 2 atom stereocenters. The molecule has 0 bridgehead atoms. The van der Waals surface area contributed by atoms with Gasteiger partial charge in [-0.2, -0.15) is 5.10 Å². The van der Waals surface area contributed by atoms with Crippen LogP contribution in [0.25, 0.3) is 10.9 Å². The van der Waals surface area contributed by atoms with Crippen molar-refractivity contribution in [3.63, 3.8) is 0 Å². The molecular weight excluding hydrogens is 250 g/mol. The predicted octanol–water partition coefficient (Wildman–Crippen LogP) is 2.76. The van der Waals surface area contributed by atoms with Gasteiger partial charge < -0.3 is 5.32 Å². The number of carbonyl (C=O) groups excluding carboxylic acids is 1. The zero-order valence-electron chi connectivity index (χ0n) is 12.9. The number of hydrogen-bond acceptors (Lipinski definition) is 2. The van der Waals surface area contributed by atoms with E-state index in [1.165, 1.54) is 16.5 Å². The number of benzene rings is 1. The average Bonchev–Trinajstić information content (AvgIpc) is 2.75. The fourth-order valence-corrected chi connectivity index (χ4v) is 2.71. The van der Waals surface area contributed by atoms with Gasteiger partial charge in [-0.3, -0.25) is 9.48 Å². The van der Waals surface area contributed by atoms with Crippen LogP contribution >= 0.6 is 0 Å². The molecule has 1 aromatic carbocycles. The van der Waals surface area contributed by atoms with E-state index >= 15 is 0 Å². The van der Waals surface area contributed by atoms with E-state index in [-0.39, 0.29) is 5.91 Å². The largest absolute Gasteiger partial charge is 0.356 e. The van der Waals surface area contributed by atoms with Crippen LogP contribution in [0.5, 0.6) is 0 Å². The summed E-state index contributed by atoms with van der Waals surface area (Å²) in [6.45, 7) is 8.80. The molecule has 0 radical (unpaired) electrons. The van der Waals surface area contributed by atoms with Gasteiger partial charge in [-0.05, 0) is 36.0 Å². The lowest BCUT2D eigenvalue weighted by Crippen LogP contribution is -2.28. The second-order valence-corrected chi connectivity index (χ2v) is 5.73. The van der Waals surface area contributed by atoms with Gasteiger partial charge in [-0.25, -0.2) is 0 Å². The number of nitrogens with zero attached hydrogens (tertiary/aromatic N) is 2. The fraction of sp³-hybridized carbons (Fsp3) is 0.500. The summed E-state index contributed by atoms with van der Waals surface area (Å²) in [6, 6.07) is 4.20. The third kappa shape index (κ3) is 2.84. The number of aromatic nitrogens is 2. The first-order valence-corrected chi connectivity index (χ1v) is 7.07. The van der Waals surface area contributed by atoms with Gasteiger partial charge in [0.1, 0.15) is 0 Å². The Balaban J connectivity index is 2.35. The fourth-order valence-electron chi connectivity index (χ4n) is 2.71. The lowest BCUT2D eigenvalue weighted by Gasteiger charge is -2.23. The van der Waals surface area contributed by atoms with Crippen molar-refractivity contribution in [1.29, 1.82) is 0 Å². The Bertz CT molecular complexity index is 630. The number of amides is 1. The van der Waals surface area contributed by atoms with Crippen LogP contribution in [0.4, 0.5) is 0 Å². The van der Waals surface area contributed by atoms with E-state index in [1.54, 1.807) is 6.92 Å². The molecule has 4 heteroatoms. The van der Waals surface area contributed by atoms with Gasteiger partial charge in [0.2, 0.25) is 5.91 Å². The molecule has 4 nitrogen and oxygen atoms in total. The molecule has 2 rings (SSSR count). The van der Waals surface area contributed by atoms with Gasteiger partial charge in [0, 0.05) is 32.1 Å². The van der Waals surface area contributed by atoms with Crippen LogP contribution in [-0.2, 0) is 11.8 Å². The second kappa shape index (κ2) is 5.65. The number of nitrogens with one attached hydrogen (secondary N) is 1. The average molecular weight is 273 g/mol. The first kappa shape index (κ1) is 14.6. The summed E-state index contributed by atoms with van der Waals surface area (Å²) in [4.78, 5) is 11.1. The Labute approximate surface area is 120 Å². The van der Waals surface area contributed by atoms with E-state index in [0.29, 0.717) is 18.4 Å². The summed E-state index contributed by atoms with van der Waals surface area (Å²) in [5.41, 5.74) is 3.66. The minimum atomic E-state index is 0.0281. The Kier molecular flexibility index (Phi) is 4.12. The summed E-state index contributed by atoms with van der Waals surface area (Å²) >= 11 is 0. The van der Waals surface area contributed by atoms with Crippen LogP contribution in [0, 0.1) is 12.8 Å². The summed E-state index contributed by atoms with van der Waals surface area (Å²) in [5.74, 6) is 0.776. The van der Waals surface area contributed by atoms with Crippen molar-refractivity contribution in [3.05, 3.63) is 29.5 Å². The Morgan fingerprint density at radius 1 is 1.40 bits per heavy atom. The van der Waals surface area contributed by atoms with Crippen LogP contribution in [0.3, 0.4) is 0 Å². The third-order valence-corrected chi connectivity index (χ3v) is 4.05. The van der Waals surface area contributed by atoms with Gasteiger partial charge >= 0.3 is 0 Å².